The highest BCUT2D eigenvalue weighted by atomic mass is 35.5. The van der Waals surface area contributed by atoms with Gasteiger partial charge in [-0.2, -0.15) is 59.8 Å². The van der Waals surface area contributed by atoms with Crippen LogP contribution in [0.15, 0.2) is 303 Å². The van der Waals surface area contributed by atoms with Crippen molar-refractivity contribution in [2.75, 3.05) is 84.6 Å². The minimum absolute atomic E-state index is 0.331. The lowest BCUT2D eigenvalue weighted by Crippen LogP contribution is -2.08. The summed E-state index contributed by atoms with van der Waals surface area (Å²) in [6.45, 7) is 14.4. The Balaban J connectivity index is 0.000000143. The Morgan fingerprint density at radius 2 is 0.576 bits per heavy atom. The van der Waals surface area contributed by atoms with Crippen LogP contribution in [0.5, 0.6) is 11.5 Å². The number of para-hydroxylation sites is 5. The topological polar surface area (TPSA) is 344 Å². The molecule has 28 nitrogen and oxygen atoms in total. The van der Waals surface area contributed by atoms with Crippen LogP contribution in [0.4, 0.5) is 140 Å². The van der Waals surface area contributed by atoms with E-state index < -0.39 is 0 Å². The summed E-state index contributed by atoms with van der Waals surface area (Å²) in [5.41, 5.74) is 17.7. The number of anilines is 24. The third kappa shape index (κ3) is 26.8. The smallest absolute Gasteiger partial charge is 0.338 e. The monoisotopic (exact) mass is 1680 g/mol. The van der Waals surface area contributed by atoms with Crippen molar-refractivity contribution >= 4 is 157 Å². The van der Waals surface area contributed by atoms with Crippen LogP contribution < -0.4 is 73.3 Å². The van der Waals surface area contributed by atoms with Crippen molar-refractivity contribution in [1.29, 1.82) is 0 Å². The van der Waals surface area contributed by atoms with E-state index in [-0.39, 0.29) is 5.97 Å². The lowest BCUT2D eigenvalue weighted by molar-refractivity contribution is 0.0526. The predicted molar refractivity (Wildman–Crippen MR) is 503 cm³/mol. The molecule has 0 unspecified atom stereocenters. The van der Waals surface area contributed by atoms with Gasteiger partial charge in [-0.1, -0.05) is 164 Å². The van der Waals surface area contributed by atoms with Gasteiger partial charge in [0.15, 0.2) is 0 Å². The average Bonchev–Trinajstić information content (AvgIpc) is 0.827. The van der Waals surface area contributed by atoms with E-state index in [0.717, 1.165) is 108 Å². The van der Waals surface area contributed by atoms with Crippen LogP contribution in [-0.4, -0.2) is 86.6 Å². The minimum Gasteiger partial charge on any atom is -0.497 e. The Morgan fingerprint density at radius 3 is 0.960 bits per heavy atom. The van der Waals surface area contributed by atoms with Gasteiger partial charge in [0.25, 0.3) is 0 Å². The lowest BCUT2D eigenvalue weighted by atomic mass is 10.1. The zero-order valence-corrected chi connectivity index (χ0v) is 70.9. The number of methoxy groups -OCH3 is 2. The predicted octanol–water partition coefficient (Wildman–Crippen LogP) is 23.4. The number of aryl methyl sites for hydroxylation is 6. The van der Waals surface area contributed by atoms with Crippen molar-refractivity contribution in [3.63, 3.8) is 0 Å². The first-order valence-electron chi connectivity index (χ1n) is 40.0. The van der Waals surface area contributed by atoms with Gasteiger partial charge >= 0.3 is 5.97 Å². The number of nitrogens with zero attached hydrogens (tertiary/aromatic N) is 12. The van der Waals surface area contributed by atoms with Gasteiger partial charge in [0.05, 0.1) is 37.1 Å². The molecule has 0 saturated carbocycles. The maximum absolute atomic E-state index is 11.9. The van der Waals surface area contributed by atoms with Gasteiger partial charge < -0.3 is 78.0 Å². The van der Waals surface area contributed by atoms with Gasteiger partial charge in [0.1, 0.15) is 11.5 Å². The molecular formula is C96H93ClN24O4. The number of benzene rings is 12. The highest BCUT2D eigenvalue weighted by molar-refractivity contribution is 6.33. The first-order chi connectivity index (χ1) is 60.9. The van der Waals surface area contributed by atoms with Crippen molar-refractivity contribution in [3.05, 3.63) is 347 Å². The Labute approximate surface area is 730 Å². The number of rotatable bonds is 29. The molecule has 0 radical (unpaired) electrons. The molecule has 0 aliphatic rings. The molecule has 16 aromatic rings. The summed E-state index contributed by atoms with van der Waals surface area (Å²) in [7, 11) is 3.27. The molecule has 628 valence electrons. The van der Waals surface area contributed by atoms with E-state index in [1.54, 1.807) is 45.4 Å². The molecule has 0 fully saturated rings. The maximum atomic E-state index is 11.9. The summed E-state index contributed by atoms with van der Waals surface area (Å²) in [4.78, 5) is 66.3. The molecule has 0 amide bonds. The third-order valence-corrected chi connectivity index (χ3v) is 18.5. The largest absolute Gasteiger partial charge is 0.497 e. The van der Waals surface area contributed by atoms with Gasteiger partial charge in [-0.05, 0) is 234 Å². The summed E-state index contributed by atoms with van der Waals surface area (Å²) in [5, 5.41) is 39.4. The highest BCUT2D eigenvalue weighted by Crippen LogP contribution is 2.31. The number of ether oxygens (including phenoxy) is 3. The second kappa shape index (κ2) is 43.6. The van der Waals surface area contributed by atoms with Crippen LogP contribution in [0.3, 0.4) is 0 Å². The first kappa shape index (κ1) is 86.5. The Kier molecular flexibility index (Phi) is 30.1. The van der Waals surface area contributed by atoms with E-state index in [4.69, 9.17) is 25.8 Å². The molecule has 4 aromatic heterocycles. The number of esters is 1. The SMILES string of the molecule is CCOC(=O)c1ccc(Nc2nc(Nc3ccccc3)nc(Nc3cccc(C)c3)n2)cc1.CCc1ccccc1Nc1nc(Nc2cccc(C)c2)nc(Nc2ccccc2Cl)n1.COc1ccc(Nc2nc(Nc3ccc(C)cc3)nc(Nc3cccc(C)c3)n2)cc1.COc1cccc(Nc2nc(Nc3ccccc3)nc(Nc3ccccc3C)n2)c1. The first-order valence-corrected chi connectivity index (χ1v) is 40.4. The van der Waals surface area contributed by atoms with Crippen molar-refractivity contribution in [2.45, 2.75) is 54.9 Å². The normalized spacial score (nSPS) is 10.4. The summed E-state index contributed by atoms with van der Waals surface area (Å²) < 4.78 is 15.5. The molecule has 16 rings (SSSR count). The summed E-state index contributed by atoms with van der Waals surface area (Å²) in [6, 6.07) is 97.1. The minimum atomic E-state index is -0.358. The van der Waals surface area contributed by atoms with Crippen LogP contribution >= 0.6 is 11.6 Å². The standard InChI is InChI=1S/C25H24N6O2.C24H23ClN6.C24H24N6O.C23H22N6O/c1-3-33-22(32)18-12-14-20(15-13-18)27-24-29-23(26-19-9-5-4-6-10-19)30-25(31-24)28-21-11-7-8-17(2)16-21;1-3-17-10-4-6-13-20(17)27-23-29-22(26-18-11-8-9-16(2)15-18)30-24(31-23)28-21-14-7-5-12-19(21)25;1-16-7-9-18(10-8-16)25-22-28-23(26-19-11-13-21(31-3)14-12-19)30-24(29-22)27-20-6-4-5-17(2)15-20;1-16-9-6-7-14-20(16)26-23-28-21(24-17-10-4-3-5-11-17)27-22(29-23)25-18-12-8-13-19(15-18)30-2/h4-16H,3H2,1-2H3,(H3,26,27,28,29,30,31);4-15H,3H2,1-2H3,(H3,26,27,28,29,30,31);4-15H,1-3H3,(H3,25,26,27,28,29,30);3-15H,1-2H3,(H3,24,25,26,27,28,29). The number of hydrogen-bond donors (Lipinski definition) is 12. The van der Waals surface area contributed by atoms with Crippen LogP contribution in [0.25, 0.3) is 0 Å². The number of halogens is 1. The number of nitrogens with one attached hydrogen (secondary N) is 12. The molecule has 125 heavy (non-hydrogen) atoms. The molecule has 0 aliphatic heterocycles. The summed E-state index contributed by atoms with van der Waals surface area (Å²) in [6.07, 6.45) is 0.896. The molecule has 0 saturated heterocycles. The van der Waals surface area contributed by atoms with Crippen molar-refractivity contribution in [1.82, 2.24) is 59.8 Å². The van der Waals surface area contributed by atoms with Gasteiger partial charge in [0, 0.05) is 68.6 Å². The van der Waals surface area contributed by atoms with E-state index in [9.17, 15) is 4.79 Å². The van der Waals surface area contributed by atoms with Crippen molar-refractivity contribution in [2.24, 2.45) is 0 Å². The number of carbonyl (C=O) groups is 1. The Hall–Kier alpha value is -16.4. The lowest BCUT2D eigenvalue weighted by Gasteiger charge is -2.13. The van der Waals surface area contributed by atoms with Crippen LogP contribution in [-0.2, 0) is 11.2 Å². The fourth-order valence-corrected chi connectivity index (χ4v) is 12.2. The van der Waals surface area contributed by atoms with Gasteiger partial charge in [-0.3, -0.25) is 0 Å². The number of hydrogen-bond acceptors (Lipinski definition) is 28. The third-order valence-electron chi connectivity index (χ3n) is 18.2. The molecule has 0 spiro atoms. The van der Waals surface area contributed by atoms with Crippen LogP contribution in [0.1, 0.15) is 57.6 Å². The molecule has 29 heteroatoms. The molecule has 4 heterocycles. The molecule has 12 N–H and O–H groups in total. The second-order valence-corrected chi connectivity index (χ2v) is 28.4. The zero-order chi connectivity index (χ0) is 87.1. The summed E-state index contributed by atoms with van der Waals surface area (Å²) >= 11 is 6.31. The van der Waals surface area contributed by atoms with Crippen LogP contribution in [0.2, 0.25) is 5.02 Å². The highest BCUT2D eigenvalue weighted by Gasteiger charge is 2.17. The molecule has 12 aromatic carbocycles. The molecule has 0 aliphatic carbocycles. The maximum Gasteiger partial charge on any atom is 0.338 e. The fraction of sp³-hybridized carbons (Fsp3) is 0.115. The quantitative estimate of drug-likeness (QED) is 0.0194. The van der Waals surface area contributed by atoms with Gasteiger partial charge in [0.2, 0.25) is 71.4 Å². The van der Waals surface area contributed by atoms with E-state index in [0.29, 0.717) is 88.6 Å². The summed E-state index contributed by atoms with van der Waals surface area (Å²) in [5.74, 6) is 6.10. The second-order valence-electron chi connectivity index (χ2n) is 28.0. The zero-order valence-electron chi connectivity index (χ0n) is 70.2. The van der Waals surface area contributed by atoms with E-state index in [1.807, 2.05) is 308 Å². The van der Waals surface area contributed by atoms with Crippen molar-refractivity contribution in [3.8, 4) is 11.5 Å². The fourth-order valence-electron chi connectivity index (χ4n) is 12.1. The number of aromatic nitrogens is 12. The molecule has 0 atom stereocenters. The van der Waals surface area contributed by atoms with E-state index in [1.165, 1.54) is 11.1 Å². The molecular weight excluding hydrogens is 1590 g/mol. The number of carbonyl (C=O) groups excluding carboxylic acids is 1. The van der Waals surface area contributed by atoms with E-state index >= 15 is 0 Å². The van der Waals surface area contributed by atoms with Gasteiger partial charge in [-0.15, -0.1) is 0 Å². The Morgan fingerprint density at radius 1 is 0.272 bits per heavy atom. The average molecular weight is 1680 g/mol. The van der Waals surface area contributed by atoms with E-state index in [2.05, 4.69) is 137 Å². The Bertz CT molecular complexity index is 6230. The molecule has 0 bridgehead atoms. The van der Waals surface area contributed by atoms with Crippen molar-refractivity contribution < 1.29 is 19.0 Å². The van der Waals surface area contributed by atoms with Crippen LogP contribution in [0, 0.1) is 34.6 Å². The van der Waals surface area contributed by atoms with Gasteiger partial charge in [-0.25, -0.2) is 4.79 Å².